The molecular weight excluding hydrogens is 180 g/mol. The molecule has 0 aromatic heterocycles. The maximum Gasteiger partial charge on any atom is -0.0326 e. The normalized spacial score (nSPS) is 14.9. The minimum Gasteiger partial charge on any atom is -0.100 e. The third-order valence-corrected chi connectivity index (χ3v) is 3.40. The van der Waals surface area contributed by atoms with Gasteiger partial charge in [0.05, 0.1) is 0 Å². The topological polar surface area (TPSA) is 0 Å². The van der Waals surface area contributed by atoms with Crippen molar-refractivity contribution in [2.75, 3.05) is 0 Å². The van der Waals surface area contributed by atoms with E-state index >= 15 is 0 Å². The van der Waals surface area contributed by atoms with Crippen molar-refractivity contribution in [2.24, 2.45) is 11.8 Å². The average molecular weight is 210 g/mol. The van der Waals surface area contributed by atoms with Crippen molar-refractivity contribution < 1.29 is 0 Å². The molecule has 0 aromatic carbocycles. The minimum absolute atomic E-state index is 0.919. The van der Waals surface area contributed by atoms with Crippen LogP contribution in [0.4, 0.5) is 0 Å². The Balaban J connectivity index is 3.33. The van der Waals surface area contributed by atoms with Gasteiger partial charge < -0.3 is 0 Å². The van der Waals surface area contributed by atoms with Gasteiger partial charge in [-0.15, -0.1) is 6.58 Å². The molecular formula is C15H30. The van der Waals surface area contributed by atoms with Gasteiger partial charge in [0.1, 0.15) is 0 Å². The van der Waals surface area contributed by atoms with E-state index in [1.165, 1.54) is 50.5 Å². The molecule has 0 nitrogen and oxygen atoms in total. The van der Waals surface area contributed by atoms with Crippen LogP contribution >= 0.6 is 0 Å². The Morgan fingerprint density at radius 3 is 2.13 bits per heavy atom. The Hall–Kier alpha value is -0.260. The van der Waals surface area contributed by atoms with Crippen molar-refractivity contribution in [1.82, 2.24) is 0 Å². The maximum atomic E-state index is 3.94. The van der Waals surface area contributed by atoms with Gasteiger partial charge in [0.2, 0.25) is 0 Å². The Bertz CT molecular complexity index is 157. The zero-order chi connectivity index (χ0) is 11.7. The molecule has 0 rings (SSSR count). The maximum absolute atomic E-state index is 3.94. The SMILES string of the molecule is C=C(C)CCCCC(C)CCC(C)CC. The van der Waals surface area contributed by atoms with Gasteiger partial charge >= 0.3 is 0 Å². The van der Waals surface area contributed by atoms with E-state index in [2.05, 4.69) is 34.3 Å². The summed E-state index contributed by atoms with van der Waals surface area (Å²) in [6, 6.07) is 0. The molecule has 0 aliphatic carbocycles. The molecule has 0 saturated heterocycles. The molecule has 0 aromatic rings. The first-order chi connectivity index (χ1) is 7.06. The first kappa shape index (κ1) is 14.7. The molecule has 0 aliphatic heterocycles. The van der Waals surface area contributed by atoms with Gasteiger partial charge in [-0.2, -0.15) is 0 Å². The lowest BCUT2D eigenvalue weighted by molar-refractivity contribution is 0.396. The van der Waals surface area contributed by atoms with Crippen molar-refractivity contribution in [1.29, 1.82) is 0 Å². The van der Waals surface area contributed by atoms with Crippen LogP contribution in [0.15, 0.2) is 12.2 Å². The van der Waals surface area contributed by atoms with Crippen LogP contribution in [0.5, 0.6) is 0 Å². The van der Waals surface area contributed by atoms with E-state index in [4.69, 9.17) is 0 Å². The van der Waals surface area contributed by atoms with E-state index in [0.717, 1.165) is 11.8 Å². The summed E-state index contributed by atoms with van der Waals surface area (Å²) >= 11 is 0. The summed E-state index contributed by atoms with van der Waals surface area (Å²) in [4.78, 5) is 0. The second-order valence-corrected chi connectivity index (χ2v) is 5.40. The van der Waals surface area contributed by atoms with Crippen LogP contribution < -0.4 is 0 Å². The molecule has 90 valence electrons. The molecule has 0 amide bonds. The zero-order valence-corrected chi connectivity index (χ0v) is 11.3. The van der Waals surface area contributed by atoms with Crippen molar-refractivity contribution in [3.8, 4) is 0 Å². The van der Waals surface area contributed by atoms with Gasteiger partial charge in [-0.05, 0) is 31.6 Å². The third-order valence-electron chi connectivity index (χ3n) is 3.40. The van der Waals surface area contributed by atoms with Crippen molar-refractivity contribution >= 4 is 0 Å². The van der Waals surface area contributed by atoms with Gasteiger partial charge in [-0.3, -0.25) is 0 Å². The third kappa shape index (κ3) is 10.0. The van der Waals surface area contributed by atoms with E-state index in [1.54, 1.807) is 0 Å². The largest absolute Gasteiger partial charge is 0.100 e. The molecule has 2 unspecified atom stereocenters. The molecule has 0 heteroatoms. The molecule has 0 spiro atoms. The first-order valence-electron chi connectivity index (χ1n) is 6.70. The first-order valence-corrected chi connectivity index (χ1v) is 6.70. The van der Waals surface area contributed by atoms with Gasteiger partial charge in [0, 0.05) is 0 Å². The van der Waals surface area contributed by atoms with Crippen molar-refractivity contribution in [3.05, 3.63) is 12.2 Å². The Labute approximate surface area is 97.2 Å². The smallest absolute Gasteiger partial charge is 0.0326 e. The summed E-state index contributed by atoms with van der Waals surface area (Å²) in [6.07, 6.45) is 9.52. The highest BCUT2D eigenvalue weighted by atomic mass is 14.1. The lowest BCUT2D eigenvalue weighted by atomic mass is 9.92. The molecule has 0 N–H and O–H groups in total. The molecule has 0 heterocycles. The molecule has 0 fully saturated rings. The quantitative estimate of drug-likeness (QED) is 0.344. The highest BCUT2D eigenvalue weighted by Crippen LogP contribution is 2.19. The highest BCUT2D eigenvalue weighted by Gasteiger charge is 2.05. The molecule has 0 aliphatic rings. The van der Waals surface area contributed by atoms with Gasteiger partial charge in [-0.25, -0.2) is 0 Å². The van der Waals surface area contributed by atoms with Gasteiger partial charge in [-0.1, -0.05) is 58.4 Å². The molecule has 0 bridgehead atoms. The number of hydrogen-bond acceptors (Lipinski definition) is 0. The van der Waals surface area contributed by atoms with Crippen LogP contribution in [0, 0.1) is 11.8 Å². The molecule has 0 radical (unpaired) electrons. The summed E-state index contributed by atoms with van der Waals surface area (Å²) in [6.45, 7) is 13.1. The average Bonchev–Trinajstić information content (AvgIpc) is 2.20. The van der Waals surface area contributed by atoms with E-state index < -0.39 is 0 Å². The zero-order valence-electron chi connectivity index (χ0n) is 11.3. The summed E-state index contributed by atoms with van der Waals surface area (Å²) in [5.74, 6) is 1.84. The van der Waals surface area contributed by atoms with E-state index in [9.17, 15) is 0 Å². The lowest BCUT2D eigenvalue weighted by Crippen LogP contribution is -1.99. The molecule has 0 saturated carbocycles. The number of allylic oxidation sites excluding steroid dienone is 1. The van der Waals surface area contributed by atoms with Crippen LogP contribution in [-0.4, -0.2) is 0 Å². The fraction of sp³-hybridized carbons (Fsp3) is 0.867. The number of hydrogen-bond donors (Lipinski definition) is 0. The van der Waals surface area contributed by atoms with E-state index in [-0.39, 0.29) is 0 Å². The standard InChI is InChI=1S/C15H30/c1-6-14(4)11-12-15(5)10-8-7-9-13(2)3/h14-15H,2,6-12H2,1,3-5H3. The van der Waals surface area contributed by atoms with Gasteiger partial charge in [0.15, 0.2) is 0 Å². The number of unbranched alkanes of at least 4 members (excludes halogenated alkanes) is 1. The lowest BCUT2D eigenvalue weighted by Gasteiger charge is -2.14. The summed E-state index contributed by atoms with van der Waals surface area (Å²) in [5.41, 5.74) is 1.34. The van der Waals surface area contributed by atoms with Crippen molar-refractivity contribution in [2.45, 2.75) is 72.6 Å². The fourth-order valence-electron chi connectivity index (χ4n) is 1.84. The highest BCUT2D eigenvalue weighted by molar-refractivity contribution is 4.87. The van der Waals surface area contributed by atoms with Crippen LogP contribution in [0.2, 0.25) is 0 Å². The minimum atomic E-state index is 0.919. The second-order valence-electron chi connectivity index (χ2n) is 5.40. The van der Waals surface area contributed by atoms with E-state index in [0.29, 0.717) is 0 Å². The monoisotopic (exact) mass is 210 g/mol. The van der Waals surface area contributed by atoms with E-state index in [1.807, 2.05) is 0 Å². The van der Waals surface area contributed by atoms with Crippen LogP contribution in [0.3, 0.4) is 0 Å². The van der Waals surface area contributed by atoms with Crippen molar-refractivity contribution in [3.63, 3.8) is 0 Å². The fourth-order valence-corrected chi connectivity index (χ4v) is 1.84. The van der Waals surface area contributed by atoms with Crippen LogP contribution in [0.1, 0.15) is 72.6 Å². The summed E-state index contributed by atoms with van der Waals surface area (Å²) in [7, 11) is 0. The molecule has 15 heavy (non-hydrogen) atoms. The Morgan fingerprint density at radius 2 is 1.60 bits per heavy atom. The van der Waals surface area contributed by atoms with Crippen LogP contribution in [-0.2, 0) is 0 Å². The predicted octanol–water partition coefficient (Wildman–Crippen LogP) is 5.59. The summed E-state index contributed by atoms with van der Waals surface area (Å²) in [5, 5.41) is 0. The Morgan fingerprint density at radius 1 is 1.00 bits per heavy atom. The Kier molecular flexibility index (Phi) is 8.85. The second kappa shape index (κ2) is 9.00. The number of rotatable bonds is 9. The van der Waals surface area contributed by atoms with Crippen LogP contribution in [0.25, 0.3) is 0 Å². The summed E-state index contributed by atoms with van der Waals surface area (Å²) < 4.78 is 0. The molecule has 2 atom stereocenters. The predicted molar refractivity (Wildman–Crippen MR) is 71.1 cm³/mol. The van der Waals surface area contributed by atoms with Gasteiger partial charge in [0.25, 0.3) is 0 Å².